The Kier molecular flexibility index (Phi) is 7.87. The lowest BCUT2D eigenvalue weighted by Gasteiger charge is -2.25. The number of hydrogen-bond acceptors (Lipinski definition) is 5. The second-order valence-electron chi connectivity index (χ2n) is 7.26. The van der Waals surface area contributed by atoms with E-state index in [2.05, 4.69) is 48.2 Å². The van der Waals surface area contributed by atoms with Crippen molar-refractivity contribution in [3.63, 3.8) is 0 Å². The molecule has 0 spiro atoms. The molecule has 0 saturated carbocycles. The first kappa shape index (κ1) is 21.1. The van der Waals surface area contributed by atoms with Gasteiger partial charge in [0, 0.05) is 19.6 Å². The maximum atomic E-state index is 10.5. The monoisotopic (exact) mass is 395 g/mol. The average molecular weight is 395 g/mol. The van der Waals surface area contributed by atoms with E-state index in [1.807, 2.05) is 24.3 Å². The fourth-order valence-electron chi connectivity index (χ4n) is 3.28. The first-order valence-corrected chi connectivity index (χ1v) is 9.81. The third kappa shape index (κ3) is 7.06. The molecule has 0 bridgehead atoms. The summed E-state index contributed by atoms with van der Waals surface area (Å²) < 4.78 is 16.1. The van der Waals surface area contributed by atoms with Crippen LogP contribution >= 0.6 is 0 Å². The molecule has 2 aromatic carbocycles. The van der Waals surface area contributed by atoms with Crippen LogP contribution in [0.5, 0.6) is 5.75 Å². The van der Waals surface area contributed by atoms with Crippen molar-refractivity contribution < 1.29 is 19.0 Å². The van der Waals surface area contributed by atoms with Crippen molar-refractivity contribution in [3.05, 3.63) is 89.4 Å². The fourth-order valence-corrected chi connectivity index (χ4v) is 3.28. The van der Waals surface area contributed by atoms with Gasteiger partial charge in [0.15, 0.2) is 0 Å². The minimum Gasteiger partial charge on any atom is -0.497 e. The molecule has 0 amide bonds. The maximum absolute atomic E-state index is 10.5. The smallest absolute Gasteiger partial charge is 0.129 e. The summed E-state index contributed by atoms with van der Waals surface area (Å²) in [5.74, 6) is 1.59. The Morgan fingerprint density at radius 1 is 1.00 bits per heavy atom. The molecule has 5 heteroatoms. The van der Waals surface area contributed by atoms with E-state index in [1.54, 1.807) is 13.4 Å². The number of furan rings is 1. The molecule has 0 fully saturated rings. The summed E-state index contributed by atoms with van der Waals surface area (Å²) in [7, 11) is 1.66. The van der Waals surface area contributed by atoms with Crippen molar-refractivity contribution in [2.24, 2.45) is 0 Å². The van der Waals surface area contributed by atoms with Crippen molar-refractivity contribution in [1.29, 1.82) is 0 Å². The van der Waals surface area contributed by atoms with Crippen LogP contribution in [0.3, 0.4) is 0 Å². The number of aliphatic hydroxyl groups excluding tert-OH is 1. The molecule has 1 aromatic heterocycles. The molecule has 5 nitrogen and oxygen atoms in total. The lowest BCUT2D eigenvalue weighted by Crippen LogP contribution is -2.34. The van der Waals surface area contributed by atoms with Gasteiger partial charge in [-0.15, -0.1) is 0 Å². The lowest BCUT2D eigenvalue weighted by atomic mass is 10.1. The molecule has 3 rings (SSSR count). The number of ether oxygens (including phenoxy) is 2. The number of aryl methyl sites for hydroxylation is 1. The number of aliphatic hydroxyl groups is 1. The topological polar surface area (TPSA) is 55.1 Å². The zero-order chi connectivity index (χ0) is 20.5. The standard InChI is InChI=1S/C24H29NO4/c1-19-5-3-6-21(13-19)15-25(14-20-8-10-23(27-2)11-9-20)16-22(26)17-28-18-24-7-4-12-29-24/h3-13,22,26H,14-18H2,1-2H3/t22-/m1/s1. The normalized spacial score (nSPS) is 12.3. The van der Waals surface area contributed by atoms with Gasteiger partial charge in [-0.25, -0.2) is 0 Å². The van der Waals surface area contributed by atoms with Crippen molar-refractivity contribution in [2.45, 2.75) is 32.7 Å². The molecule has 154 valence electrons. The quantitative estimate of drug-likeness (QED) is 0.528. The largest absolute Gasteiger partial charge is 0.497 e. The van der Waals surface area contributed by atoms with E-state index in [0.717, 1.165) is 24.6 Å². The van der Waals surface area contributed by atoms with Gasteiger partial charge in [-0.2, -0.15) is 0 Å². The zero-order valence-electron chi connectivity index (χ0n) is 17.1. The number of nitrogens with zero attached hydrogens (tertiary/aromatic N) is 1. The van der Waals surface area contributed by atoms with Crippen molar-refractivity contribution >= 4 is 0 Å². The Labute approximate surface area is 172 Å². The Morgan fingerprint density at radius 3 is 2.48 bits per heavy atom. The predicted octanol–water partition coefficient (Wildman–Crippen LogP) is 4.18. The van der Waals surface area contributed by atoms with E-state index in [1.165, 1.54) is 16.7 Å². The maximum Gasteiger partial charge on any atom is 0.129 e. The van der Waals surface area contributed by atoms with Gasteiger partial charge in [-0.05, 0) is 42.3 Å². The van der Waals surface area contributed by atoms with Crippen LogP contribution < -0.4 is 4.74 Å². The summed E-state index contributed by atoms with van der Waals surface area (Å²) in [6, 6.07) is 20.2. The summed E-state index contributed by atoms with van der Waals surface area (Å²) in [6.45, 7) is 4.71. The zero-order valence-corrected chi connectivity index (χ0v) is 17.1. The van der Waals surface area contributed by atoms with Crippen LogP contribution in [0.4, 0.5) is 0 Å². The molecule has 1 atom stereocenters. The Bertz CT molecular complexity index is 846. The van der Waals surface area contributed by atoms with Gasteiger partial charge in [0.1, 0.15) is 18.1 Å². The molecule has 0 radical (unpaired) electrons. The Morgan fingerprint density at radius 2 is 1.79 bits per heavy atom. The van der Waals surface area contributed by atoms with Gasteiger partial charge in [-0.3, -0.25) is 4.90 Å². The number of methoxy groups -OCH3 is 1. The van der Waals surface area contributed by atoms with Crippen LogP contribution in [-0.4, -0.2) is 36.4 Å². The molecular formula is C24H29NO4. The van der Waals surface area contributed by atoms with Gasteiger partial charge in [0.25, 0.3) is 0 Å². The van der Waals surface area contributed by atoms with Gasteiger partial charge in [0.05, 0.1) is 26.1 Å². The number of hydrogen-bond donors (Lipinski definition) is 1. The molecule has 0 unspecified atom stereocenters. The minimum absolute atomic E-state index is 0.258. The molecule has 0 aliphatic rings. The average Bonchev–Trinajstić information content (AvgIpc) is 3.22. The van der Waals surface area contributed by atoms with E-state index in [0.29, 0.717) is 13.2 Å². The number of benzene rings is 2. The van der Waals surface area contributed by atoms with Crippen LogP contribution in [-0.2, 0) is 24.4 Å². The highest BCUT2D eigenvalue weighted by Crippen LogP contribution is 2.16. The summed E-state index contributed by atoms with van der Waals surface area (Å²) >= 11 is 0. The fraction of sp³-hybridized carbons (Fsp3) is 0.333. The predicted molar refractivity (Wildman–Crippen MR) is 113 cm³/mol. The Balaban J connectivity index is 1.60. The summed E-state index contributed by atoms with van der Waals surface area (Å²) in [6.07, 6.45) is 1.03. The third-order valence-electron chi connectivity index (χ3n) is 4.66. The van der Waals surface area contributed by atoms with Crippen molar-refractivity contribution in [2.75, 3.05) is 20.3 Å². The van der Waals surface area contributed by atoms with Crippen LogP contribution in [0, 0.1) is 6.92 Å². The van der Waals surface area contributed by atoms with Crippen LogP contribution in [0.25, 0.3) is 0 Å². The highest BCUT2D eigenvalue weighted by molar-refractivity contribution is 5.27. The molecule has 0 aliphatic carbocycles. The van der Waals surface area contributed by atoms with Crippen LogP contribution in [0.1, 0.15) is 22.5 Å². The third-order valence-corrected chi connectivity index (χ3v) is 4.66. The van der Waals surface area contributed by atoms with Crippen LogP contribution in [0.2, 0.25) is 0 Å². The SMILES string of the molecule is COc1ccc(CN(Cc2cccc(C)c2)C[C@@H](O)COCc2ccco2)cc1. The minimum atomic E-state index is -0.590. The van der Waals surface area contributed by atoms with Crippen molar-refractivity contribution in [1.82, 2.24) is 4.90 Å². The lowest BCUT2D eigenvalue weighted by molar-refractivity contribution is 0.00253. The summed E-state index contributed by atoms with van der Waals surface area (Å²) in [5, 5.41) is 10.5. The Hall–Kier alpha value is -2.60. The van der Waals surface area contributed by atoms with Gasteiger partial charge < -0.3 is 19.0 Å². The van der Waals surface area contributed by atoms with Gasteiger partial charge >= 0.3 is 0 Å². The van der Waals surface area contributed by atoms with Crippen LogP contribution in [0.15, 0.2) is 71.3 Å². The van der Waals surface area contributed by atoms with Crippen molar-refractivity contribution in [3.8, 4) is 5.75 Å². The van der Waals surface area contributed by atoms with E-state index in [-0.39, 0.29) is 6.61 Å². The molecule has 1 heterocycles. The summed E-state index contributed by atoms with van der Waals surface area (Å²) in [5.41, 5.74) is 3.62. The van der Waals surface area contributed by atoms with E-state index in [4.69, 9.17) is 13.9 Å². The second-order valence-corrected chi connectivity index (χ2v) is 7.26. The summed E-state index contributed by atoms with van der Waals surface area (Å²) in [4.78, 5) is 2.23. The van der Waals surface area contributed by atoms with Gasteiger partial charge in [0.2, 0.25) is 0 Å². The molecule has 0 saturated heterocycles. The number of rotatable bonds is 11. The molecule has 29 heavy (non-hydrogen) atoms. The molecule has 1 N–H and O–H groups in total. The van der Waals surface area contributed by atoms with E-state index < -0.39 is 6.10 Å². The van der Waals surface area contributed by atoms with E-state index >= 15 is 0 Å². The van der Waals surface area contributed by atoms with Gasteiger partial charge in [-0.1, -0.05) is 42.0 Å². The molecule has 0 aliphatic heterocycles. The van der Waals surface area contributed by atoms with E-state index in [9.17, 15) is 5.11 Å². The highest BCUT2D eigenvalue weighted by Gasteiger charge is 2.14. The molecule has 3 aromatic rings. The highest BCUT2D eigenvalue weighted by atomic mass is 16.5. The second kappa shape index (κ2) is 10.8. The first-order valence-electron chi connectivity index (χ1n) is 9.81. The molecular weight excluding hydrogens is 366 g/mol. The first-order chi connectivity index (χ1) is 14.1.